The maximum Gasteiger partial charge on any atom is 0.416 e. The molecule has 0 bridgehead atoms. The highest BCUT2D eigenvalue weighted by Gasteiger charge is 2.38. The summed E-state index contributed by atoms with van der Waals surface area (Å²) >= 11 is 0. The zero-order valence-electron chi connectivity index (χ0n) is 15.4. The van der Waals surface area contributed by atoms with Crippen molar-refractivity contribution in [2.45, 2.75) is 44.1 Å². The third-order valence-corrected chi connectivity index (χ3v) is 5.04. The van der Waals surface area contributed by atoms with Crippen molar-refractivity contribution in [3.63, 3.8) is 0 Å². The predicted molar refractivity (Wildman–Crippen MR) is 95.3 cm³/mol. The molecule has 1 aliphatic heterocycles. The number of alkyl halides is 6. The summed E-state index contributed by atoms with van der Waals surface area (Å²) in [5, 5.41) is 0. The average Bonchev–Trinajstić information content (AvgIpc) is 2.67. The first-order valence-electron chi connectivity index (χ1n) is 9.20. The largest absolute Gasteiger partial charge is 0.416 e. The number of benzene rings is 2. The summed E-state index contributed by atoms with van der Waals surface area (Å²) in [5.41, 5.74) is -2.59. The first-order valence-corrected chi connectivity index (χ1v) is 9.20. The molecule has 0 aliphatic carbocycles. The fraction of sp³-hybridized carbons (Fsp3) is 0.381. The molecular weight excluding hydrogens is 396 g/mol. The van der Waals surface area contributed by atoms with Crippen LogP contribution in [0.4, 0.5) is 26.3 Å². The minimum atomic E-state index is -4.98. The second-order valence-electron chi connectivity index (χ2n) is 7.13. The molecule has 1 fully saturated rings. The summed E-state index contributed by atoms with van der Waals surface area (Å²) in [6.45, 7) is 0.300. The molecule has 3 rings (SSSR count). The normalized spacial score (nSPS) is 18.0. The molecule has 2 aromatic carbocycles. The summed E-state index contributed by atoms with van der Waals surface area (Å²) < 4.78 is 78.7. The molecule has 2 nitrogen and oxygen atoms in total. The van der Waals surface area contributed by atoms with Gasteiger partial charge in [-0.05, 0) is 49.4 Å². The van der Waals surface area contributed by atoms with Crippen molar-refractivity contribution in [2.75, 3.05) is 6.54 Å². The molecule has 0 aromatic heterocycles. The second-order valence-corrected chi connectivity index (χ2v) is 7.13. The lowest BCUT2D eigenvalue weighted by molar-refractivity contribution is -0.143. The van der Waals surface area contributed by atoms with E-state index in [1.54, 1.807) is 0 Å². The lowest BCUT2D eigenvalue weighted by atomic mass is 9.94. The molecular formula is C21H19F6NO. The van der Waals surface area contributed by atoms with Crippen LogP contribution >= 0.6 is 0 Å². The van der Waals surface area contributed by atoms with E-state index in [1.165, 1.54) is 4.90 Å². The van der Waals surface area contributed by atoms with Crippen molar-refractivity contribution in [3.8, 4) is 0 Å². The standard InChI is InChI=1S/C21H19F6NO/c22-20(23,24)16-11-15(12-17(13-16)21(25,26)27)19(29)28-9-5-4-8-18(28)10-14-6-2-1-3-7-14/h1-3,6-7,11-13,18H,4-5,8-10H2. The van der Waals surface area contributed by atoms with E-state index >= 15 is 0 Å². The Morgan fingerprint density at radius 3 is 2.03 bits per heavy atom. The van der Waals surface area contributed by atoms with Gasteiger partial charge in [0.1, 0.15) is 0 Å². The van der Waals surface area contributed by atoms with Gasteiger partial charge in [-0.3, -0.25) is 4.79 Å². The summed E-state index contributed by atoms with van der Waals surface area (Å²) in [6, 6.07) is 10.1. The molecule has 1 aliphatic rings. The number of amides is 1. The number of hydrogen-bond acceptors (Lipinski definition) is 1. The highest BCUT2D eigenvalue weighted by molar-refractivity contribution is 5.95. The number of likely N-dealkylation sites (tertiary alicyclic amines) is 1. The Bertz CT molecular complexity index is 827. The van der Waals surface area contributed by atoms with Gasteiger partial charge in [-0.2, -0.15) is 26.3 Å². The number of hydrogen-bond donors (Lipinski definition) is 0. The Labute approximate surface area is 164 Å². The number of carbonyl (C=O) groups excluding carboxylic acids is 1. The Hall–Kier alpha value is -2.51. The fourth-order valence-electron chi connectivity index (χ4n) is 3.61. The molecule has 1 unspecified atom stereocenters. The minimum absolute atomic E-state index is 0.0361. The molecule has 0 N–H and O–H groups in total. The third kappa shape index (κ3) is 5.10. The van der Waals surface area contributed by atoms with Crippen LogP contribution in [0.3, 0.4) is 0 Å². The van der Waals surface area contributed by atoms with Crippen LogP contribution < -0.4 is 0 Å². The highest BCUT2D eigenvalue weighted by atomic mass is 19.4. The smallest absolute Gasteiger partial charge is 0.335 e. The monoisotopic (exact) mass is 415 g/mol. The quantitative estimate of drug-likeness (QED) is 0.567. The second kappa shape index (κ2) is 8.08. The lowest BCUT2D eigenvalue weighted by Gasteiger charge is -2.36. The van der Waals surface area contributed by atoms with Crippen molar-refractivity contribution in [1.29, 1.82) is 0 Å². The Balaban J connectivity index is 1.94. The van der Waals surface area contributed by atoms with Gasteiger partial charge in [0, 0.05) is 18.2 Å². The maximum atomic E-state index is 13.1. The van der Waals surface area contributed by atoms with E-state index in [0.29, 0.717) is 37.9 Å². The van der Waals surface area contributed by atoms with Crippen LogP contribution in [0.1, 0.15) is 46.3 Å². The molecule has 156 valence electrons. The summed E-state index contributed by atoms with van der Waals surface area (Å²) in [4.78, 5) is 14.4. The van der Waals surface area contributed by atoms with Crippen molar-refractivity contribution in [3.05, 3.63) is 70.8 Å². The molecule has 1 amide bonds. The number of rotatable bonds is 3. The van der Waals surface area contributed by atoms with Crippen LogP contribution in [-0.4, -0.2) is 23.4 Å². The minimum Gasteiger partial charge on any atom is -0.335 e. The van der Waals surface area contributed by atoms with Crippen molar-refractivity contribution >= 4 is 5.91 Å². The van der Waals surface area contributed by atoms with E-state index in [9.17, 15) is 31.1 Å². The molecule has 29 heavy (non-hydrogen) atoms. The van der Waals surface area contributed by atoms with Gasteiger partial charge in [0.2, 0.25) is 0 Å². The molecule has 0 saturated carbocycles. The number of halogens is 6. The van der Waals surface area contributed by atoms with Crippen molar-refractivity contribution < 1.29 is 31.1 Å². The van der Waals surface area contributed by atoms with E-state index in [4.69, 9.17) is 0 Å². The van der Waals surface area contributed by atoms with E-state index in [2.05, 4.69) is 0 Å². The molecule has 1 saturated heterocycles. The van der Waals surface area contributed by atoms with Gasteiger partial charge < -0.3 is 4.90 Å². The number of nitrogens with zero attached hydrogens (tertiary/aromatic N) is 1. The van der Waals surface area contributed by atoms with Crippen LogP contribution in [0.25, 0.3) is 0 Å². The maximum absolute atomic E-state index is 13.1. The fourth-order valence-corrected chi connectivity index (χ4v) is 3.61. The van der Waals surface area contributed by atoms with Gasteiger partial charge in [0.25, 0.3) is 5.91 Å². The van der Waals surface area contributed by atoms with E-state index in [1.807, 2.05) is 30.3 Å². The highest BCUT2D eigenvalue weighted by Crippen LogP contribution is 2.37. The number of piperidine rings is 1. The predicted octanol–water partition coefficient (Wildman–Crippen LogP) is 5.96. The zero-order chi connectivity index (χ0) is 21.2. The first-order chi connectivity index (χ1) is 13.6. The number of carbonyl (C=O) groups is 1. The molecule has 1 heterocycles. The van der Waals surface area contributed by atoms with Gasteiger partial charge in [-0.1, -0.05) is 30.3 Å². The first kappa shape index (κ1) is 21.2. The summed E-state index contributed by atoms with van der Waals surface area (Å²) in [5.74, 6) is -0.803. The van der Waals surface area contributed by atoms with Crippen LogP contribution in [-0.2, 0) is 18.8 Å². The van der Waals surface area contributed by atoms with Crippen LogP contribution in [0.5, 0.6) is 0 Å². The van der Waals surface area contributed by atoms with Gasteiger partial charge in [0.15, 0.2) is 0 Å². The molecule has 1 atom stereocenters. The lowest BCUT2D eigenvalue weighted by Crippen LogP contribution is -2.45. The van der Waals surface area contributed by atoms with Gasteiger partial charge in [-0.15, -0.1) is 0 Å². The van der Waals surface area contributed by atoms with Crippen LogP contribution in [0, 0.1) is 0 Å². The average molecular weight is 415 g/mol. The third-order valence-electron chi connectivity index (χ3n) is 5.04. The van der Waals surface area contributed by atoms with Gasteiger partial charge in [0.05, 0.1) is 11.1 Å². The van der Waals surface area contributed by atoms with Crippen LogP contribution in [0.15, 0.2) is 48.5 Å². The SMILES string of the molecule is O=C(c1cc(C(F)(F)F)cc(C(F)(F)F)c1)N1CCCCC1Cc1ccccc1. The summed E-state index contributed by atoms with van der Waals surface area (Å²) in [6.07, 6.45) is -7.33. The summed E-state index contributed by atoms with van der Waals surface area (Å²) in [7, 11) is 0. The molecule has 2 aromatic rings. The zero-order valence-corrected chi connectivity index (χ0v) is 15.4. The Morgan fingerprint density at radius 2 is 1.48 bits per heavy atom. The van der Waals surface area contributed by atoms with Crippen LogP contribution in [0.2, 0.25) is 0 Å². The van der Waals surface area contributed by atoms with E-state index in [0.717, 1.165) is 12.0 Å². The molecule has 8 heteroatoms. The molecule has 0 radical (unpaired) electrons. The van der Waals surface area contributed by atoms with E-state index < -0.39 is 35.0 Å². The van der Waals surface area contributed by atoms with Gasteiger partial charge >= 0.3 is 12.4 Å². The van der Waals surface area contributed by atoms with E-state index in [-0.39, 0.29) is 12.1 Å². The Kier molecular flexibility index (Phi) is 5.91. The molecule has 0 spiro atoms. The Morgan fingerprint density at radius 1 is 0.897 bits per heavy atom. The van der Waals surface area contributed by atoms with Crippen molar-refractivity contribution in [2.24, 2.45) is 0 Å². The topological polar surface area (TPSA) is 20.3 Å². The van der Waals surface area contributed by atoms with Crippen molar-refractivity contribution in [1.82, 2.24) is 4.90 Å². The van der Waals surface area contributed by atoms with Gasteiger partial charge in [-0.25, -0.2) is 0 Å².